The summed E-state index contributed by atoms with van der Waals surface area (Å²) in [5.41, 5.74) is 6.38. The molecule has 0 aromatic heterocycles. The van der Waals surface area contributed by atoms with Crippen molar-refractivity contribution in [3.8, 4) is 11.5 Å². The van der Waals surface area contributed by atoms with Crippen LogP contribution in [0.4, 0.5) is 0 Å². The average molecular weight is 286 g/mol. The summed E-state index contributed by atoms with van der Waals surface area (Å²) in [5, 5.41) is 6.12. The Bertz CT molecular complexity index is 666. The fourth-order valence-corrected chi connectivity index (χ4v) is 2.59. The predicted octanol–water partition coefficient (Wildman–Crippen LogP) is 1.48. The molecule has 2 N–H and O–H groups in total. The highest BCUT2D eigenvalue weighted by atomic mass is 16.5. The molecule has 6 heteroatoms. The van der Waals surface area contributed by atoms with E-state index in [9.17, 15) is 0 Å². The van der Waals surface area contributed by atoms with Crippen LogP contribution >= 0.6 is 0 Å². The van der Waals surface area contributed by atoms with Crippen LogP contribution in [0.15, 0.2) is 40.4 Å². The van der Waals surface area contributed by atoms with Gasteiger partial charge in [0.25, 0.3) is 0 Å². The Kier molecular flexibility index (Phi) is 3.08. The largest absolute Gasteiger partial charge is 0.493 e. The van der Waals surface area contributed by atoms with Crippen molar-refractivity contribution in [2.24, 2.45) is 15.8 Å². The summed E-state index contributed by atoms with van der Waals surface area (Å²) >= 11 is 0. The number of amidine groups is 2. The Labute approximate surface area is 123 Å². The molecule has 21 heavy (non-hydrogen) atoms. The molecule has 1 unspecified atom stereocenters. The van der Waals surface area contributed by atoms with E-state index < -0.39 is 5.54 Å². The number of ether oxygens (including phenoxy) is 2. The number of hydrazone groups is 1. The molecule has 1 aromatic carbocycles. The van der Waals surface area contributed by atoms with Crippen LogP contribution in [0.2, 0.25) is 0 Å². The van der Waals surface area contributed by atoms with Gasteiger partial charge >= 0.3 is 0 Å². The van der Waals surface area contributed by atoms with Crippen molar-refractivity contribution in [1.29, 1.82) is 0 Å². The smallest absolute Gasteiger partial charge is 0.161 e. The predicted molar refractivity (Wildman–Crippen MR) is 81.8 cm³/mol. The molecule has 0 fully saturated rings. The molecule has 0 amide bonds. The maximum atomic E-state index is 5.73. The fourth-order valence-electron chi connectivity index (χ4n) is 2.59. The van der Waals surface area contributed by atoms with E-state index in [4.69, 9.17) is 20.2 Å². The zero-order valence-corrected chi connectivity index (χ0v) is 12.3. The lowest BCUT2D eigenvalue weighted by Gasteiger charge is -2.23. The SMILES string of the molecule is COc1ccc(C2(C)CN3N=C(N)C=CC3=N2)cc1OC. The lowest BCUT2D eigenvalue weighted by molar-refractivity contribution is 0.349. The summed E-state index contributed by atoms with van der Waals surface area (Å²) in [4.78, 5) is 4.77. The molecule has 0 bridgehead atoms. The molecule has 2 heterocycles. The van der Waals surface area contributed by atoms with Crippen LogP contribution in [0.25, 0.3) is 0 Å². The number of hydrogen-bond donors (Lipinski definition) is 1. The summed E-state index contributed by atoms with van der Waals surface area (Å²) in [6.07, 6.45) is 3.64. The van der Waals surface area contributed by atoms with Gasteiger partial charge in [0, 0.05) is 0 Å². The van der Waals surface area contributed by atoms with Gasteiger partial charge in [-0.05, 0) is 36.8 Å². The molecule has 0 radical (unpaired) electrons. The highest BCUT2D eigenvalue weighted by Gasteiger charge is 2.37. The van der Waals surface area contributed by atoms with Crippen molar-refractivity contribution in [2.75, 3.05) is 20.8 Å². The van der Waals surface area contributed by atoms with Gasteiger partial charge < -0.3 is 15.2 Å². The first-order chi connectivity index (χ1) is 10.1. The molecule has 0 saturated carbocycles. The second kappa shape index (κ2) is 4.80. The van der Waals surface area contributed by atoms with Gasteiger partial charge in [0.15, 0.2) is 11.5 Å². The van der Waals surface area contributed by atoms with Crippen molar-refractivity contribution >= 4 is 11.7 Å². The number of aliphatic imine (C=N–C) groups is 1. The van der Waals surface area contributed by atoms with E-state index in [0.29, 0.717) is 23.9 Å². The maximum Gasteiger partial charge on any atom is 0.161 e. The summed E-state index contributed by atoms with van der Waals surface area (Å²) in [6.45, 7) is 2.71. The topological polar surface area (TPSA) is 72.4 Å². The first-order valence-electron chi connectivity index (χ1n) is 6.68. The highest BCUT2D eigenvalue weighted by molar-refractivity contribution is 6.05. The van der Waals surface area contributed by atoms with Gasteiger partial charge in [0.1, 0.15) is 17.2 Å². The van der Waals surface area contributed by atoms with Crippen molar-refractivity contribution in [1.82, 2.24) is 5.01 Å². The highest BCUT2D eigenvalue weighted by Crippen LogP contribution is 2.37. The van der Waals surface area contributed by atoms with Gasteiger partial charge in [-0.2, -0.15) is 5.10 Å². The van der Waals surface area contributed by atoms with Crippen LogP contribution in [0.3, 0.4) is 0 Å². The molecule has 6 nitrogen and oxygen atoms in total. The third-order valence-electron chi connectivity index (χ3n) is 3.73. The molecule has 2 aliphatic rings. The van der Waals surface area contributed by atoms with Crippen molar-refractivity contribution in [2.45, 2.75) is 12.5 Å². The van der Waals surface area contributed by atoms with Crippen molar-refractivity contribution in [3.05, 3.63) is 35.9 Å². The molecular weight excluding hydrogens is 268 g/mol. The van der Waals surface area contributed by atoms with Gasteiger partial charge in [-0.25, -0.2) is 5.01 Å². The zero-order chi connectivity index (χ0) is 15.0. The average Bonchev–Trinajstić information content (AvgIpc) is 2.83. The van der Waals surface area contributed by atoms with E-state index in [1.54, 1.807) is 20.3 Å². The standard InChI is InChI=1S/C15H18N4O2/c1-15(9-19-14(17-15)7-6-13(16)18-19)10-4-5-11(20-2)12(8-10)21-3/h4-8H,9H2,1-3H3,(H2,16,18). The molecule has 0 aliphatic carbocycles. The third-order valence-corrected chi connectivity index (χ3v) is 3.73. The van der Waals surface area contributed by atoms with Crippen molar-refractivity contribution in [3.63, 3.8) is 0 Å². The van der Waals surface area contributed by atoms with Crippen molar-refractivity contribution < 1.29 is 9.47 Å². The number of benzene rings is 1. The Morgan fingerprint density at radius 2 is 1.95 bits per heavy atom. The van der Waals surface area contributed by atoms with Gasteiger partial charge in [-0.3, -0.25) is 4.99 Å². The summed E-state index contributed by atoms with van der Waals surface area (Å²) in [6, 6.07) is 5.85. The third kappa shape index (κ3) is 2.22. The number of hydrogen-bond acceptors (Lipinski definition) is 6. The minimum atomic E-state index is -0.395. The normalized spacial score (nSPS) is 23.5. The molecule has 0 saturated heterocycles. The van der Waals surface area contributed by atoms with E-state index in [1.807, 2.05) is 29.3 Å². The molecule has 0 spiro atoms. The van der Waals surface area contributed by atoms with Crippen LogP contribution < -0.4 is 15.2 Å². The Morgan fingerprint density at radius 3 is 2.67 bits per heavy atom. The lowest BCUT2D eigenvalue weighted by atomic mass is 9.93. The molecule has 3 rings (SSSR count). The first kappa shape index (κ1) is 13.5. The first-order valence-corrected chi connectivity index (χ1v) is 6.68. The molecule has 2 aliphatic heterocycles. The fraction of sp³-hybridized carbons (Fsp3) is 0.333. The van der Waals surface area contributed by atoms with E-state index >= 15 is 0 Å². The molecule has 1 atom stereocenters. The second-order valence-corrected chi connectivity index (χ2v) is 5.23. The van der Waals surface area contributed by atoms with Crippen LogP contribution in [0, 0.1) is 0 Å². The number of methoxy groups -OCH3 is 2. The zero-order valence-electron chi connectivity index (χ0n) is 12.3. The van der Waals surface area contributed by atoms with Gasteiger partial charge in [-0.15, -0.1) is 0 Å². The number of nitrogens with two attached hydrogens (primary N) is 1. The van der Waals surface area contributed by atoms with Gasteiger partial charge in [-0.1, -0.05) is 6.07 Å². The molecule has 110 valence electrons. The van der Waals surface area contributed by atoms with Gasteiger partial charge in [0.2, 0.25) is 0 Å². The lowest BCUT2D eigenvalue weighted by Crippen LogP contribution is -2.32. The maximum absolute atomic E-state index is 5.73. The summed E-state index contributed by atoms with van der Waals surface area (Å²) in [7, 11) is 3.25. The van der Waals surface area contributed by atoms with Crippen LogP contribution in [0.1, 0.15) is 12.5 Å². The monoisotopic (exact) mass is 286 g/mol. The Hall–Kier alpha value is -2.50. The van der Waals surface area contributed by atoms with Crippen LogP contribution in [-0.2, 0) is 5.54 Å². The minimum Gasteiger partial charge on any atom is -0.493 e. The summed E-state index contributed by atoms with van der Waals surface area (Å²) in [5.74, 6) is 2.71. The number of nitrogens with zero attached hydrogens (tertiary/aromatic N) is 3. The number of fused-ring (bicyclic) bond motifs is 1. The second-order valence-electron chi connectivity index (χ2n) is 5.23. The Balaban J connectivity index is 1.98. The van der Waals surface area contributed by atoms with E-state index in [0.717, 1.165) is 11.4 Å². The number of rotatable bonds is 3. The molecule has 1 aromatic rings. The summed E-state index contributed by atoms with van der Waals surface area (Å²) < 4.78 is 10.6. The van der Waals surface area contributed by atoms with E-state index in [1.165, 1.54) is 0 Å². The Morgan fingerprint density at radius 1 is 1.19 bits per heavy atom. The van der Waals surface area contributed by atoms with Crippen LogP contribution in [0.5, 0.6) is 11.5 Å². The van der Waals surface area contributed by atoms with E-state index in [-0.39, 0.29) is 0 Å². The van der Waals surface area contributed by atoms with Crippen LogP contribution in [-0.4, -0.2) is 37.4 Å². The van der Waals surface area contributed by atoms with Gasteiger partial charge in [0.05, 0.1) is 20.8 Å². The quantitative estimate of drug-likeness (QED) is 0.913. The van der Waals surface area contributed by atoms with E-state index in [2.05, 4.69) is 12.0 Å². The molecular formula is C15H18N4O2. The minimum absolute atomic E-state index is 0.395.